The summed E-state index contributed by atoms with van der Waals surface area (Å²) in [6.45, 7) is 4.44. The summed E-state index contributed by atoms with van der Waals surface area (Å²) in [4.78, 5) is 22.6. The number of imidazole rings is 1. The number of pyridine rings is 1. The highest BCUT2D eigenvalue weighted by Crippen LogP contribution is 2.56. The van der Waals surface area contributed by atoms with E-state index in [0.29, 0.717) is 52.9 Å². The minimum atomic E-state index is -3.04. The molecular weight excluding hydrogens is 613 g/mol. The molecule has 7 rings (SSSR count). The first kappa shape index (κ1) is 30.6. The Labute approximate surface area is 267 Å². The zero-order valence-electron chi connectivity index (χ0n) is 25.9. The van der Waals surface area contributed by atoms with E-state index in [1.165, 1.54) is 12.1 Å². The largest absolute Gasteiger partial charge is 0.434 e. The SMILES string of the molecule is CC1(C#N)CC(C[S@@](=O)C(C)(C)C)(c2ncc(-c3ccc4nc5n(c4c3)[C@H]3C[C@H]5CC(=O)c4cccc(OC(F)F)c43)cc2F)C1. The van der Waals surface area contributed by atoms with Gasteiger partial charge in [0.1, 0.15) is 17.4 Å². The van der Waals surface area contributed by atoms with Crippen LogP contribution in [0.15, 0.2) is 48.7 Å². The lowest BCUT2D eigenvalue weighted by Gasteiger charge is -2.51. The average molecular weight is 647 g/mol. The van der Waals surface area contributed by atoms with Gasteiger partial charge in [-0.05, 0) is 76.8 Å². The maximum absolute atomic E-state index is 16.0. The van der Waals surface area contributed by atoms with Crippen molar-refractivity contribution in [1.29, 1.82) is 5.26 Å². The number of carbonyl (C=O) groups excluding carboxylic acids is 1. The molecule has 1 saturated carbocycles. The third-order valence-electron chi connectivity index (χ3n) is 9.74. The number of ether oxygens (including phenoxy) is 1. The van der Waals surface area contributed by atoms with Crippen LogP contribution in [0.5, 0.6) is 5.75 Å². The molecule has 1 fully saturated rings. The summed E-state index contributed by atoms with van der Waals surface area (Å²) in [6, 6.07) is 13.5. The molecule has 0 N–H and O–H groups in total. The van der Waals surface area contributed by atoms with Gasteiger partial charge in [0.05, 0.1) is 34.3 Å². The van der Waals surface area contributed by atoms with Gasteiger partial charge in [-0.2, -0.15) is 14.0 Å². The quantitative estimate of drug-likeness (QED) is 0.214. The summed E-state index contributed by atoms with van der Waals surface area (Å²) in [5, 5.41) is 9.70. The molecule has 11 heteroatoms. The van der Waals surface area contributed by atoms with Crippen LogP contribution in [0.1, 0.15) is 92.8 Å². The van der Waals surface area contributed by atoms with Crippen molar-refractivity contribution in [3.05, 3.63) is 77.1 Å². The zero-order chi connectivity index (χ0) is 32.8. The maximum Gasteiger partial charge on any atom is 0.387 e. The summed E-state index contributed by atoms with van der Waals surface area (Å²) in [7, 11) is -1.28. The normalized spacial score (nSPS) is 25.8. The first-order valence-electron chi connectivity index (χ1n) is 15.3. The summed E-state index contributed by atoms with van der Waals surface area (Å²) in [5.74, 6) is 0.0689. The van der Waals surface area contributed by atoms with Crippen LogP contribution in [0.3, 0.4) is 0 Å². The maximum atomic E-state index is 16.0. The van der Waals surface area contributed by atoms with Gasteiger partial charge in [-0.15, -0.1) is 0 Å². The zero-order valence-corrected chi connectivity index (χ0v) is 26.8. The second kappa shape index (κ2) is 10.5. The van der Waals surface area contributed by atoms with Crippen molar-refractivity contribution in [2.45, 2.75) is 82.1 Å². The Morgan fingerprint density at radius 2 is 1.93 bits per heavy atom. The number of carbonyl (C=O) groups is 1. The first-order valence-corrected chi connectivity index (χ1v) is 16.6. The Hall–Kier alpha value is -4.04. The van der Waals surface area contributed by atoms with Crippen LogP contribution in [-0.4, -0.2) is 41.6 Å². The average Bonchev–Trinajstić information content (AvgIpc) is 3.47. The van der Waals surface area contributed by atoms with Gasteiger partial charge in [0.15, 0.2) is 5.78 Å². The number of hydrogen-bond acceptors (Lipinski definition) is 6. The van der Waals surface area contributed by atoms with Crippen molar-refractivity contribution in [2.24, 2.45) is 5.41 Å². The molecule has 1 aliphatic heterocycles. The smallest absolute Gasteiger partial charge is 0.387 e. The topological polar surface area (TPSA) is 97.9 Å². The van der Waals surface area contributed by atoms with E-state index in [-0.39, 0.29) is 35.3 Å². The lowest BCUT2D eigenvalue weighted by atomic mass is 9.53. The molecule has 3 atom stereocenters. The van der Waals surface area contributed by atoms with E-state index in [1.54, 1.807) is 18.3 Å². The van der Waals surface area contributed by atoms with E-state index in [0.717, 1.165) is 5.52 Å². The first-order chi connectivity index (χ1) is 21.7. The van der Waals surface area contributed by atoms with Gasteiger partial charge < -0.3 is 9.30 Å². The molecule has 4 aromatic rings. The van der Waals surface area contributed by atoms with Crippen LogP contribution in [0.25, 0.3) is 22.2 Å². The number of rotatable bonds is 6. The summed E-state index contributed by atoms with van der Waals surface area (Å²) in [5.41, 5.74) is 2.22. The Bertz CT molecular complexity index is 1990. The van der Waals surface area contributed by atoms with E-state index in [9.17, 15) is 23.0 Å². The molecule has 2 aliphatic carbocycles. The molecule has 0 unspecified atom stereocenters. The minimum absolute atomic E-state index is 0.0241. The van der Waals surface area contributed by atoms with Crippen LogP contribution >= 0.6 is 0 Å². The van der Waals surface area contributed by atoms with E-state index >= 15 is 4.39 Å². The Morgan fingerprint density at radius 1 is 1.17 bits per heavy atom. The highest BCUT2D eigenvalue weighted by atomic mass is 32.2. The van der Waals surface area contributed by atoms with Gasteiger partial charge in [0.25, 0.3) is 0 Å². The van der Waals surface area contributed by atoms with E-state index < -0.39 is 44.8 Å². The monoisotopic (exact) mass is 646 g/mol. The van der Waals surface area contributed by atoms with Crippen molar-refractivity contribution in [3.8, 4) is 22.9 Å². The predicted molar refractivity (Wildman–Crippen MR) is 168 cm³/mol. The van der Waals surface area contributed by atoms with Gasteiger partial charge in [0.2, 0.25) is 0 Å². The fourth-order valence-corrected chi connectivity index (χ4v) is 9.06. The molecule has 3 heterocycles. The molecule has 2 bridgehead atoms. The van der Waals surface area contributed by atoms with Crippen LogP contribution < -0.4 is 4.74 Å². The minimum Gasteiger partial charge on any atom is -0.434 e. The molecule has 0 saturated heterocycles. The van der Waals surface area contributed by atoms with Crippen molar-refractivity contribution in [1.82, 2.24) is 14.5 Å². The molecule has 3 aliphatic rings. The van der Waals surface area contributed by atoms with E-state index in [2.05, 4.69) is 11.1 Å². The number of aromatic nitrogens is 3. The highest BCUT2D eigenvalue weighted by Gasteiger charge is 2.56. The number of nitriles is 1. The third kappa shape index (κ3) is 4.84. The van der Waals surface area contributed by atoms with Crippen LogP contribution in [-0.2, 0) is 16.2 Å². The highest BCUT2D eigenvalue weighted by molar-refractivity contribution is 7.86. The number of ketones is 1. The standard InChI is InChI=1S/C35H33F3N4O3S/c1-33(2,3)46(44)18-35(15-34(4,16-35)17-39)30-23(36)10-21(14-40-30)19-8-9-24-25(11-19)42-26-12-20(31(42)41-24)13-27(43)22-6-5-7-28(29(22)26)45-32(37)38/h5-11,14,20,26,32H,12-13,15-16,18H2,1-4H3/t20-,26-,34?,35?,46+/m0/s1. The lowest BCUT2D eigenvalue weighted by Crippen LogP contribution is -2.53. The van der Waals surface area contributed by atoms with Gasteiger partial charge >= 0.3 is 6.61 Å². The predicted octanol–water partition coefficient (Wildman–Crippen LogP) is 7.61. The fourth-order valence-electron chi connectivity index (χ4n) is 7.78. The molecule has 0 radical (unpaired) electrons. The molecule has 2 aromatic heterocycles. The molecule has 46 heavy (non-hydrogen) atoms. The summed E-state index contributed by atoms with van der Waals surface area (Å²) >= 11 is 0. The van der Waals surface area contributed by atoms with Gasteiger partial charge in [0, 0.05) is 61.9 Å². The third-order valence-corrected chi connectivity index (χ3v) is 11.9. The number of hydrogen-bond donors (Lipinski definition) is 0. The lowest BCUT2D eigenvalue weighted by molar-refractivity contribution is -0.0507. The van der Waals surface area contributed by atoms with Gasteiger partial charge in [-0.1, -0.05) is 18.2 Å². The van der Waals surface area contributed by atoms with Gasteiger partial charge in [-0.25, -0.2) is 9.37 Å². The van der Waals surface area contributed by atoms with Gasteiger partial charge in [-0.3, -0.25) is 14.0 Å². The van der Waals surface area contributed by atoms with Crippen molar-refractivity contribution in [2.75, 3.05) is 5.75 Å². The number of alkyl halides is 2. The summed E-state index contributed by atoms with van der Waals surface area (Å²) in [6.07, 6.45) is 3.09. The summed E-state index contributed by atoms with van der Waals surface area (Å²) < 4.78 is 62.4. The second-order valence-corrected chi connectivity index (χ2v) is 16.4. The fraction of sp³-hybridized carbons (Fsp3) is 0.429. The van der Waals surface area contributed by atoms with Crippen LogP contribution in [0, 0.1) is 22.6 Å². The Balaban J connectivity index is 1.29. The molecule has 2 aromatic carbocycles. The van der Waals surface area contributed by atoms with Crippen molar-refractivity contribution < 1.29 is 26.9 Å². The Morgan fingerprint density at radius 3 is 2.61 bits per heavy atom. The molecule has 0 amide bonds. The second-order valence-electron chi connectivity index (χ2n) is 14.2. The number of Topliss-reactive ketones (excluding diaryl/α,β-unsaturated/α-hetero) is 1. The molecule has 238 valence electrons. The van der Waals surface area contributed by atoms with E-state index in [4.69, 9.17) is 9.72 Å². The van der Waals surface area contributed by atoms with Crippen molar-refractivity contribution >= 4 is 27.6 Å². The Kier molecular flexibility index (Phi) is 6.98. The van der Waals surface area contributed by atoms with E-state index in [1.807, 2.05) is 50.5 Å². The molecular formula is C35H33F3N4O3S. The number of fused-ring (bicyclic) bond motifs is 9. The number of halogens is 3. The van der Waals surface area contributed by atoms with Crippen LogP contribution in [0.4, 0.5) is 13.2 Å². The number of nitrogens with zero attached hydrogens (tertiary/aromatic N) is 4. The van der Waals surface area contributed by atoms with Crippen molar-refractivity contribution in [3.63, 3.8) is 0 Å². The van der Waals surface area contributed by atoms with Crippen LogP contribution in [0.2, 0.25) is 0 Å². The number of benzene rings is 2. The molecule has 0 spiro atoms. The molecule has 7 nitrogen and oxygen atoms in total.